The van der Waals surface area contributed by atoms with Gasteiger partial charge in [-0.05, 0) is 48.2 Å². The number of amides is 1. The van der Waals surface area contributed by atoms with Gasteiger partial charge in [-0.3, -0.25) is 4.72 Å². The van der Waals surface area contributed by atoms with Gasteiger partial charge in [-0.2, -0.15) is 0 Å². The first-order valence-electron chi connectivity index (χ1n) is 9.76. The Bertz CT molecular complexity index is 1030. The molecule has 0 aliphatic carbocycles. The van der Waals surface area contributed by atoms with Crippen LogP contribution in [0.3, 0.4) is 0 Å². The SMILES string of the molecule is CS(=O)(=O)Nc1ccc(-c2ccc3c(c2)COC(C2CCN(C(=O)O)CC2)O3)cc1. The molecule has 0 bridgehead atoms. The maximum Gasteiger partial charge on any atom is 0.407 e. The summed E-state index contributed by atoms with van der Waals surface area (Å²) >= 11 is 0. The van der Waals surface area contributed by atoms with Crippen LogP contribution in [0.15, 0.2) is 42.5 Å². The lowest BCUT2D eigenvalue weighted by molar-refractivity contribution is -0.148. The molecule has 1 amide bonds. The molecule has 4 rings (SSSR count). The van der Waals surface area contributed by atoms with E-state index in [1.54, 1.807) is 12.1 Å². The molecule has 1 unspecified atom stereocenters. The molecule has 2 heterocycles. The smallest absolute Gasteiger partial charge is 0.407 e. The van der Waals surface area contributed by atoms with Gasteiger partial charge in [0.05, 0.1) is 12.9 Å². The maximum atomic E-state index is 11.3. The zero-order chi connectivity index (χ0) is 21.3. The summed E-state index contributed by atoms with van der Waals surface area (Å²) in [7, 11) is -3.30. The minimum Gasteiger partial charge on any atom is -0.465 e. The van der Waals surface area contributed by atoms with Crippen LogP contribution in [0, 0.1) is 5.92 Å². The predicted octanol–water partition coefficient (Wildman–Crippen LogP) is 3.35. The van der Waals surface area contributed by atoms with Gasteiger partial charge in [-0.1, -0.05) is 18.2 Å². The first-order valence-corrected chi connectivity index (χ1v) is 11.6. The van der Waals surface area contributed by atoms with E-state index in [1.165, 1.54) is 4.90 Å². The molecular formula is C21H24N2O6S. The molecule has 2 aromatic rings. The molecular weight excluding hydrogens is 408 g/mol. The van der Waals surface area contributed by atoms with Gasteiger partial charge in [-0.25, -0.2) is 13.2 Å². The number of carboxylic acid groups (broad SMARTS) is 1. The second kappa shape index (κ2) is 8.16. The first kappa shape index (κ1) is 20.5. The number of likely N-dealkylation sites (tertiary alicyclic amines) is 1. The number of fused-ring (bicyclic) bond motifs is 1. The Morgan fingerprint density at radius 1 is 1.10 bits per heavy atom. The summed E-state index contributed by atoms with van der Waals surface area (Å²) in [4.78, 5) is 12.5. The van der Waals surface area contributed by atoms with Crippen molar-refractivity contribution in [1.82, 2.24) is 4.90 Å². The summed E-state index contributed by atoms with van der Waals surface area (Å²) in [6, 6.07) is 13.1. The van der Waals surface area contributed by atoms with Crippen LogP contribution in [0.2, 0.25) is 0 Å². The quantitative estimate of drug-likeness (QED) is 0.768. The highest BCUT2D eigenvalue weighted by atomic mass is 32.2. The second-order valence-corrected chi connectivity index (χ2v) is 9.43. The van der Waals surface area contributed by atoms with Crippen LogP contribution >= 0.6 is 0 Å². The molecule has 8 nitrogen and oxygen atoms in total. The van der Waals surface area contributed by atoms with E-state index >= 15 is 0 Å². The summed E-state index contributed by atoms with van der Waals surface area (Å²) in [5.74, 6) is 0.953. The van der Waals surface area contributed by atoms with Gasteiger partial charge in [0.15, 0.2) is 0 Å². The van der Waals surface area contributed by atoms with Gasteiger partial charge in [-0.15, -0.1) is 0 Å². The average Bonchev–Trinajstić information content (AvgIpc) is 2.72. The molecule has 0 radical (unpaired) electrons. The molecule has 0 spiro atoms. The fourth-order valence-electron chi connectivity index (χ4n) is 3.86. The number of nitrogens with one attached hydrogen (secondary N) is 1. The van der Waals surface area contributed by atoms with Gasteiger partial charge in [0.1, 0.15) is 5.75 Å². The van der Waals surface area contributed by atoms with Gasteiger partial charge in [0.25, 0.3) is 0 Å². The number of rotatable bonds is 4. The van der Waals surface area contributed by atoms with E-state index < -0.39 is 16.1 Å². The number of benzene rings is 2. The molecule has 0 aromatic heterocycles. The van der Waals surface area contributed by atoms with E-state index in [9.17, 15) is 13.2 Å². The third-order valence-electron chi connectivity index (χ3n) is 5.42. The number of hydrogen-bond acceptors (Lipinski definition) is 5. The van der Waals surface area contributed by atoms with Crippen molar-refractivity contribution in [2.45, 2.75) is 25.7 Å². The van der Waals surface area contributed by atoms with Gasteiger partial charge >= 0.3 is 6.09 Å². The topological polar surface area (TPSA) is 105 Å². The molecule has 9 heteroatoms. The summed E-state index contributed by atoms with van der Waals surface area (Å²) in [5, 5.41) is 9.08. The summed E-state index contributed by atoms with van der Waals surface area (Å²) in [6.07, 6.45) is 1.32. The Labute approximate surface area is 175 Å². The van der Waals surface area contributed by atoms with E-state index in [0.29, 0.717) is 25.4 Å². The van der Waals surface area contributed by atoms with Gasteiger partial charge in [0, 0.05) is 30.3 Å². The van der Waals surface area contributed by atoms with Crippen molar-refractivity contribution < 1.29 is 27.8 Å². The third kappa shape index (κ3) is 4.68. The van der Waals surface area contributed by atoms with E-state index in [0.717, 1.165) is 41.5 Å². The third-order valence-corrected chi connectivity index (χ3v) is 6.03. The molecule has 30 heavy (non-hydrogen) atoms. The van der Waals surface area contributed by atoms with Crippen molar-refractivity contribution in [1.29, 1.82) is 0 Å². The van der Waals surface area contributed by atoms with E-state index in [2.05, 4.69) is 4.72 Å². The molecule has 2 aromatic carbocycles. The minimum atomic E-state index is -3.30. The number of carbonyl (C=O) groups is 1. The number of hydrogen-bond donors (Lipinski definition) is 2. The standard InChI is InChI=1S/C21H24N2O6S/c1-30(26,27)22-18-5-2-14(3-6-18)16-4-7-19-17(12-16)13-28-20(29-19)15-8-10-23(11-9-15)21(24)25/h2-7,12,15,20,22H,8-11,13H2,1H3,(H,24,25). The normalized spacial score (nSPS) is 19.6. The molecule has 2 aliphatic rings. The number of anilines is 1. The van der Waals surface area contributed by atoms with Crippen molar-refractivity contribution >= 4 is 21.8 Å². The van der Waals surface area contributed by atoms with Crippen LogP contribution < -0.4 is 9.46 Å². The van der Waals surface area contributed by atoms with Crippen molar-refractivity contribution in [3.8, 4) is 16.9 Å². The zero-order valence-corrected chi connectivity index (χ0v) is 17.4. The zero-order valence-electron chi connectivity index (χ0n) is 16.6. The largest absolute Gasteiger partial charge is 0.465 e. The van der Waals surface area contributed by atoms with Crippen LogP contribution in [-0.4, -0.2) is 50.2 Å². The summed E-state index contributed by atoms with van der Waals surface area (Å²) in [5.41, 5.74) is 3.41. The Morgan fingerprint density at radius 3 is 2.40 bits per heavy atom. The van der Waals surface area contributed by atoms with Gasteiger partial charge in [0.2, 0.25) is 16.3 Å². The Balaban J connectivity index is 1.43. The van der Waals surface area contributed by atoms with Crippen molar-refractivity contribution in [3.63, 3.8) is 0 Å². The van der Waals surface area contributed by atoms with Crippen molar-refractivity contribution in [2.24, 2.45) is 5.92 Å². The lowest BCUT2D eigenvalue weighted by Gasteiger charge is -2.36. The van der Waals surface area contributed by atoms with Crippen LogP contribution in [0.4, 0.5) is 10.5 Å². The van der Waals surface area contributed by atoms with E-state index in [4.69, 9.17) is 14.6 Å². The Hall–Kier alpha value is -2.78. The van der Waals surface area contributed by atoms with E-state index in [1.807, 2.05) is 30.3 Å². The second-order valence-electron chi connectivity index (χ2n) is 7.68. The molecule has 2 N–H and O–H groups in total. The monoisotopic (exact) mass is 432 g/mol. The van der Waals surface area contributed by atoms with Crippen LogP contribution in [0.1, 0.15) is 18.4 Å². The van der Waals surface area contributed by atoms with Crippen LogP contribution in [0.5, 0.6) is 5.75 Å². The summed E-state index contributed by atoms with van der Waals surface area (Å²) in [6.45, 7) is 1.43. The highest BCUT2D eigenvalue weighted by molar-refractivity contribution is 7.92. The lowest BCUT2D eigenvalue weighted by atomic mass is 9.95. The lowest BCUT2D eigenvalue weighted by Crippen LogP contribution is -2.43. The average molecular weight is 432 g/mol. The van der Waals surface area contributed by atoms with Gasteiger partial charge < -0.3 is 19.5 Å². The molecule has 1 saturated heterocycles. The fraction of sp³-hybridized carbons (Fsp3) is 0.381. The van der Waals surface area contributed by atoms with Crippen molar-refractivity contribution in [2.75, 3.05) is 24.1 Å². The number of piperidine rings is 1. The van der Waals surface area contributed by atoms with Crippen LogP contribution in [0.25, 0.3) is 11.1 Å². The number of nitrogens with zero attached hydrogens (tertiary/aromatic N) is 1. The van der Waals surface area contributed by atoms with Crippen LogP contribution in [-0.2, 0) is 21.4 Å². The number of sulfonamides is 1. The van der Waals surface area contributed by atoms with Crippen molar-refractivity contribution in [3.05, 3.63) is 48.0 Å². The molecule has 1 fully saturated rings. The highest BCUT2D eigenvalue weighted by Gasteiger charge is 2.33. The fourth-order valence-corrected chi connectivity index (χ4v) is 4.42. The predicted molar refractivity (Wildman–Crippen MR) is 112 cm³/mol. The molecule has 0 saturated carbocycles. The number of ether oxygens (including phenoxy) is 2. The minimum absolute atomic E-state index is 0.170. The van der Waals surface area contributed by atoms with E-state index in [-0.39, 0.29) is 12.2 Å². The summed E-state index contributed by atoms with van der Waals surface area (Å²) < 4.78 is 37.1. The molecule has 1 atom stereocenters. The maximum absolute atomic E-state index is 11.3. The Kier molecular flexibility index (Phi) is 5.57. The molecule has 2 aliphatic heterocycles. The first-order chi connectivity index (χ1) is 14.3. The highest BCUT2D eigenvalue weighted by Crippen LogP contribution is 2.35. The Morgan fingerprint density at radius 2 is 1.77 bits per heavy atom. The molecule has 160 valence electrons.